The van der Waals surface area contributed by atoms with E-state index in [0.29, 0.717) is 25.8 Å². The van der Waals surface area contributed by atoms with Crippen molar-refractivity contribution in [2.45, 2.75) is 37.9 Å². The molecule has 0 saturated carbocycles. The number of halogens is 4. The zero-order chi connectivity index (χ0) is 22.6. The Labute approximate surface area is 192 Å². The Morgan fingerprint density at radius 2 is 1.72 bits per heavy atom. The summed E-state index contributed by atoms with van der Waals surface area (Å²) in [5, 5.41) is 0. The molecule has 32 heavy (non-hydrogen) atoms. The molecule has 10 heteroatoms. The molecule has 1 heterocycles. The van der Waals surface area contributed by atoms with Crippen LogP contribution < -0.4 is 4.72 Å². The molecule has 5 nitrogen and oxygen atoms in total. The van der Waals surface area contributed by atoms with Gasteiger partial charge in [-0.3, -0.25) is 4.79 Å². The molecule has 0 spiro atoms. The van der Waals surface area contributed by atoms with Crippen molar-refractivity contribution in [1.29, 1.82) is 0 Å². The summed E-state index contributed by atoms with van der Waals surface area (Å²) in [6, 6.07) is 11.1. The van der Waals surface area contributed by atoms with Gasteiger partial charge in [0.2, 0.25) is 10.0 Å². The molecule has 0 bridgehead atoms. The fourth-order valence-electron chi connectivity index (χ4n) is 3.73. The van der Waals surface area contributed by atoms with Gasteiger partial charge in [0.1, 0.15) is 6.04 Å². The maximum atomic E-state index is 13.2. The summed E-state index contributed by atoms with van der Waals surface area (Å²) >= 11 is 0. The van der Waals surface area contributed by atoms with Crippen LogP contribution in [0.3, 0.4) is 0 Å². The smallest absolute Gasteiger partial charge is 0.338 e. The zero-order valence-electron chi connectivity index (χ0n) is 17.6. The van der Waals surface area contributed by atoms with E-state index in [1.54, 1.807) is 16.9 Å². The Hall–Kier alpha value is -2.10. The largest absolute Gasteiger partial charge is 0.408 e. The number of amides is 1. The van der Waals surface area contributed by atoms with Crippen LogP contribution in [0.5, 0.6) is 0 Å². The number of carbonyl (C=O) groups is 1. The first-order chi connectivity index (χ1) is 14.5. The van der Waals surface area contributed by atoms with E-state index in [2.05, 4.69) is 0 Å². The summed E-state index contributed by atoms with van der Waals surface area (Å²) in [6.07, 6.45) is -0.956. The highest BCUT2D eigenvalue weighted by Crippen LogP contribution is 2.33. The highest BCUT2D eigenvalue weighted by Gasteiger charge is 2.42. The first kappa shape index (κ1) is 26.2. The molecule has 1 N–H and O–H groups in total. The van der Waals surface area contributed by atoms with Gasteiger partial charge in [-0.15, -0.1) is 12.4 Å². The van der Waals surface area contributed by atoms with E-state index in [4.69, 9.17) is 0 Å². The van der Waals surface area contributed by atoms with Crippen molar-refractivity contribution < 1.29 is 26.4 Å². The maximum absolute atomic E-state index is 13.2. The van der Waals surface area contributed by atoms with Crippen LogP contribution in [0.2, 0.25) is 0 Å². The van der Waals surface area contributed by atoms with E-state index >= 15 is 0 Å². The number of unbranched alkanes of at least 4 members (excludes halogenated alkanes) is 1. The predicted octanol–water partition coefficient (Wildman–Crippen LogP) is 4.28. The number of sulfonamides is 1. The first-order valence-corrected chi connectivity index (χ1v) is 11.9. The fraction of sp³-hybridized carbons (Fsp3) is 0.409. The van der Waals surface area contributed by atoms with Gasteiger partial charge in [-0.25, -0.2) is 8.42 Å². The number of aryl methyl sites for hydroxylation is 1. The van der Waals surface area contributed by atoms with Gasteiger partial charge < -0.3 is 4.90 Å². The normalized spacial score (nSPS) is 15.1. The van der Waals surface area contributed by atoms with Crippen molar-refractivity contribution in [3.8, 4) is 0 Å². The van der Waals surface area contributed by atoms with Gasteiger partial charge >= 0.3 is 6.18 Å². The lowest BCUT2D eigenvalue weighted by Crippen LogP contribution is -2.38. The molecule has 1 aliphatic rings. The average Bonchev–Trinajstić information content (AvgIpc) is 2.70. The van der Waals surface area contributed by atoms with E-state index in [-0.39, 0.29) is 23.9 Å². The van der Waals surface area contributed by atoms with Crippen LogP contribution in [0.15, 0.2) is 48.5 Å². The Balaban J connectivity index is 0.00000363. The standard InChI is InChI=1S/C22H25F3N2O3S.ClH/c1-31(29,30)26-20(22(23,24)25)18-11-9-16(10-12-18)6-4-5-14-27-15-13-17-7-2-3-8-19(17)21(27)28;/h2-3,7-12,20,26H,4-6,13-15H2,1H3;1H/t20-;/m0./s1. The molecule has 0 saturated heterocycles. The predicted molar refractivity (Wildman–Crippen MR) is 119 cm³/mol. The molecule has 0 radical (unpaired) electrons. The Bertz CT molecular complexity index is 1030. The van der Waals surface area contributed by atoms with Gasteiger partial charge in [-0.1, -0.05) is 42.5 Å². The van der Waals surface area contributed by atoms with Gasteiger partial charge in [0.15, 0.2) is 0 Å². The van der Waals surface area contributed by atoms with Gasteiger partial charge in [0.05, 0.1) is 6.26 Å². The van der Waals surface area contributed by atoms with Crippen LogP contribution in [-0.4, -0.2) is 44.7 Å². The first-order valence-electron chi connectivity index (χ1n) is 10.0. The minimum absolute atomic E-state index is 0. The quantitative estimate of drug-likeness (QED) is 0.562. The van der Waals surface area contributed by atoms with E-state index in [1.807, 2.05) is 29.2 Å². The second-order valence-corrected chi connectivity index (χ2v) is 9.54. The average molecular weight is 491 g/mol. The molecule has 0 unspecified atom stereocenters. The van der Waals surface area contributed by atoms with Gasteiger partial charge in [0.25, 0.3) is 5.91 Å². The number of hydrogen-bond donors (Lipinski definition) is 1. The maximum Gasteiger partial charge on any atom is 0.408 e. The van der Waals surface area contributed by atoms with Crippen LogP contribution in [0.4, 0.5) is 13.2 Å². The SMILES string of the molecule is CS(=O)(=O)N[C@@H](c1ccc(CCCCN2CCc3ccccc3C2=O)cc1)C(F)(F)F.Cl. The number of fused-ring (bicyclic) bond motifs is 1. The molecule has 1 amide bonds. The minimum atomic E-state index is -4.73. The van der Waals surface area contributed by atoms with Crippen molar-refractivity contribution in [2.75, 3.05) is 19.3 Å². The third-order valence-electron chi connectivity index (χ3n) is 5.30. The molecule has 3 rings (SSSR count). The summed E-state index contributed by atoms with van der Waals surface area (Å²) in [7, 11) is -4.02. The van der Waals surface area contributed by atoms with Crippen molar-refractivity contribution in [1.82, 2.24) is 9.62 Å². The number of hydrogen-bond acceptors (Lipinski definition) is 3. The van der Waals surface area contributed by atoms with Gasteiger partial charge in [0, 0.05) is 18.7 Å². The summed E-state index contributed by atoms with van der Waals surface area (Å²) < 4.78 is 63.9. The molecule has 176 valence electrons. The van der Waals surface area contributed by atoms with Crippen molar-refractivity contribution in [2.24, 2.45) is 0 Å². The van der Waals surface area contributed by atoms with Crippen LogP contribution in [0, 0.1) is 0 Å². The Morgan fingerprint density at radius 3 is 2.34 bits per heavy atom. The van der Waals surface area contributed by atoms with Crippen LogP contribution in [0.25, 0.3) is 0 Å². The van der Waals surface area contributed by atoms with E-state index in [0.717, 1.165) is 36.0 Å². The molecule has 0 aromatic heterocycles. The lowest BCUT2D eigenvalue weighted by molar-refractivity contribution is -0.153. The Kier molecular flexibility index (Phi) is 8.73. The summed E-state index contributed by atoms with van der Waals surface area (Å²) in [4.78, 5) is 14.4. The Morgan fingerprint density at radius 1 is 1.06 bits per heavy atom. The highest BCUT2D eigenvalue weighted by molar-refractivity contribution is 7.88. The third-order valence-corrected chi connectivity index (χ3v) is 5.97. The minimum Gasteiger partial charge on any atom is -0.338 e. The second kappa shape index (κ2) is 10.7. The molecule has 1 aliphatic heterocycles. The molecule has 2 aromatic carbocycles. The van der Waals surface area contributed by atoms with E-state index < -0.39 is 22.2 Å². The van der Waals surface area contributed by atoms with Crippen LogP contribution >= 0.6 is 12.4 Å². The van der Waals surface area contributed by atoms with E-state index in [1.165, 1.54) is 12.1 Å². The van der Waals surface area contributed by atoms with Gasteiger partial charge in [-0.2, -0.15) is 17.9 Å². The zero-order valence-corrected chi connectivity index (χ0v) is 19.2. The van der Waals surface area contributed by atoms with Crippen molar-refractivity contribution in [3.63, 3.8) is 0 Å². The number of rotatable bonds is 8. The third kappa shape index (κ3) is 6.95. The number of alkyl halides is 3. The monoisotopic (exact) mass is 490 g/mol. The molecular weight excluding hydrogens is 465 g/mol. The summed E-state index contributed by atoms with van der Waals surface area (Å²) in [5.41, 5.74) is 2.54. The summed E-state index contributed by atoms with van der Waals surface area (Å²) in [6.45, 7) is 1.33. The molecule has 2 aromatic rings. The number of benzene rings is 2. The molecule has 1 atom stereocenters. The van der Waals surface area contributed by atoms with Crippen molar-refractivity contribution in [3.05, 3.63) is 70.8 Å². The topological polar surface area (TPSA) is 66.5 Å². The van der Waals surface area contributed by atoms with Crippen LogP contribution in [0.1, 0.15) is 45.9 Å². The van der Waals surface area contributed by atoms with Crippen LogP contribution in [-0.2, 0) is 22.9 Å². The highest BCUT2D eigenvalue weighted by atomic mass is 35.5. The molecule has 0 aliphatic carbocycles. The van der Waals surface area contributed by atoms with Gasteiger partial charge in [-0.05, 0) is 48.4 Å². The fourth-order valence-corrected chi connectivity index (χ4v) is 4.43. The molecule has 0 fully saturated rings. The lowest BCUT2D eigenvalue weighted by atomic mass is 9.98. The number of nitrogens with zero attached hydrogens (tertiary/aromatic N) is 1. The number of carbonyl (C=O) groups excluding carboxylic acids is 1. The number of nitrogens with one attached hydrogen (secondary N) is 1. The van der Waals surface area contributed by atoms with Crippen molar-refractivity contribution >= 4 is 28.3 Å². The van der Waals surface area contributed by atoms with E-state index in [9.17, 15) is 26.4 Å². The lowest BCUT2D eigenvalue weighted by Gasteiger charge is -2.28. The second-order valence-electron chi connectivity index (χ2n) is 7.76. The summed E-state index contributed by atoms with van der Waals surface area (Å²) in [5.74, 6) is 0.0442. The molecular formula is C22H26ClF3N2O3S.